The van der Waals surface area contributed by atoms with Crippen LogP contribution in [-0.4, -0.2) is 24.0 Å². The van der Waals surface area contributed by atoms with Crippen LogP contribution in [0.25, 0.3) is 0 Å². The van der Waals surface area contributed by atoms with Crippen LogP contribution >= 0.6 is 0 Å². The molecule has 64 valence electrons. The number of fused-ring (bicyclic) bond motifs is 1. The smallest absolute Gasteiger partial charge is 0.00983 e. The van der Waals surface area contributed by atoms with Crippen LogP contribution in [0, 0.1) is 11.8 Å². The summed E-state index contributed by atoms with van der Waals surface area (Å²) in [6.07, 6.45) is 4.51. The molecule has 2 unspecified atom stereocenters. The first-order chi connectivity index (χ1) is 5.33. The Bertz CT molecular complexity index is 144. The maximum Gasteiger partial charge on any atom is 0.00983 e. The monoisotopic (exact) mass is 153 g/mol. The SMILES string of the molecule is CCN1CC2CCCC2[C@H]1C. The van der Waals surface area contributed by atoms with Gasteiger partial charge in [0.25, 0.3) is 0 Å². The molecule has 2 rings (SSSR count). The topological polar surface area (TPSA) is 3.24 Å². The fraction of sp³-hybridized carbons (Fsp3) is 1.00. The molecule has 0 radical (unpaired) electrons. The van der Waals surface area contributed by atoms with Crippen LogP contribution in [0.4, 0.5) is 0 Å². The van der Waals surface area contributed by atoms with Crippen molar-refractivity contribution in [3.8, 4) is 0 Å². The number of likely N-dealkylation sites (tertiary alicyclic amines) is 1. The summed E-state index contributed by atoms with van der Waals surface area (Å²) >= 11 is 0. The Hall–Kier alpha value is -0.0400. The second-order valence-corrected chi connectivity index (χ2v) is 4.18. The van der Waals surface area contributed by atoms with Gasteiger partial charge in [-0.1, -0.05) is 13.3 Å². The van der Waals surface area contributed by atoms with Gasteiger partial charge in [0.15, 0.2) is 0 Å². The third-order valence-electron chi connectivity index (χ3n) is 3.79. The Kier molecular flexibility index (Phi) is 1.92. The van der Waals surface area contributed by atoms with Crippen LogP contribution < -0.4 is 0 Å². The molecule has 1 saturated heterocycles. The lowest BCUT2D eigenvalue weighted by molar-refractivity contribution is 0.248. The van der Waals surface area contributed by atoms with Crippen molar-refractivity contribution in [3.05, 3.63) is 0 Å². The second kappa shape index (κ2) is 2.78. The quantitative estimate of drug-likeness (QED) is 0.558. The molecule has 3 atom stereocenters. The molecule has 0 bridgehead atoms. The molecule has 0 aromatic heterocycles. The summed E-state index contributed by atoms with van der Waals surface area (Å²) in [5.74, 6) is 2.11. The first-order valence-corrected chi connectivity index (χ1v) is 5.07. The zero-order valence-corrected chi connectivity index (χ0v) is 7.71. The number of hydrogen-bond donors (Lipinski definition) is 0. The van der Waals surface area contributed by atoms with E-state index in [-0.39, 0.29) is 0 Å². The summed E-state index contributed by atoms with van der Waals surface area (Å²) in [7, 11) is 0. The third-order valence-corrected chi connectivity index (χ3v) is 3.79. The molecule has 1 heterocycles. The van der Waals surface area contributed by atoms with Crippen molar-refractivity contribution in [2.24, 2.45) is 11.8 Å². The predicted octanol–water partition coefficient (Wildman–Crippen LogP) is 2.13. The average molecular weight is 153 g/mol. The van der Waals surface area contributed by atoms with Gasteiger partial charge in [-0.15, -0.1) is 0 Å². The van der Waals surface area contributed by atoms with E-state index in [0.717, 1.165) is 17.9 Å². The Labute approximate surface area is 69.8 Å². The van der Waals surface area contributed by atoms with E-state index in [4.69, 9.17) is 0 Å². The zero-order valence-electron chi connectivity index (χ0n) is 7.71. The molecule has 1 saturated carbocycles. The zero-order chi connectivity index (χ0) is 7.84. The van der Waals surface area contributed by atoms with Gasteiger partial charge < -0.3 is 4.90 Å². The maximum atomic E-state index is 2.65. The highest BCUT2D eigenvalue weighted by Gasteiger charge is 2.40. The first-order valence-electron chi connectivity index (χ1n) is 5.07. The van der Waals surface area contributed by atoms with E-state index < -0.39 is 0 Å². The van der Waals surface area contributed by atoms with Crippen molar-refractivity contribution in [1.82, 2.24) is 4.90 Å². The van der Waals surface area contributed by atoms with Crippen molar-refractivity contribution >= 4 is 0 Å². The maximum absolute atomic E-state index is 2.65. The second-order valence-electron chi connectivity index (χ2n) is 4.18. The van der Waals surface area contributed by atoms with Crippen molar-refractivity contribution in [2.45, 2.75) is 39.2 Å². The lowest BCUT2D eigenvalue weighted by atomic mass is 9.95. The summed E-state index contributed by atoms with van der Waals surface area (Å²) in [5, 5.41) is 0. The van der Waals surface area contributed by atoms with Crippen molar-refractivity contribution in [1.29, 1.82) is 0 Å². The van der Waals surface area contributed by atoms with Crippen molar-refractivity contribution in [3.63, 3.8) is 0 Å². The fourth-order valence-corrected chi connectivity index (χ4v) is 3.08. The van der Waals surface area contributed by atoms with Gasteiger partial charge in [-0.05, 0) is 38.1 Å². The van der Waals surface area contributed by atoms with E-state index in [1.807, 2.05) is 0 Å². The number of nitrogens with zero attached hydrogens (tertiary/aromatic N) is 1. The molecule has 1 heteroatoms. The molecule has 11 heavy (non-hydrogen) atoms. The largest absolute Gasteiger partial charge is 0.300 e. The van der Waals surface area contributed by atoms with Crippen LogP contribution in [0.1, 0.15) is 33.1 Å². The minimum absolute atomic E-state index is 0.882. The van der Waals surface area contributed by atoms with Crippen LogP contribution in [-0.2, 0) is 0 Å². The van der Waals surface area contributed by atoms with E-state index in [0.29, 0.717) is 0 Å². The standard InChI is InChI=1S/C10H19N/c1-3-11-7-9-5-4-6-10(9)8(11)2/h8-10H,3-7H2,1-2H3/t8-,9?,10?/m1/s1. The van der Waals surface area contributed by atoms with Gasteiger partial charge in [0.05, 0.1) is 0 Å². The summed E-state index contributed by atoms with van der Waals surface area (Å²) < 4.78 is 0. The summed E-state index contributed by atoms with van der Waals surface area (Å²) in [4.78, 5) is 2.65. The summed E-state index contributed by atoms with van der Waals surface area (Å²) in [6, 6.07) is 0.882. The van der Waals surface area contributed by atoms with Crippen molar-refractivity contribution < 1.29 is 0 Å². The molecular formula is C10H19N. The molecule has 0 aromatic rings. The molecule has 1 aliphatic carbocycles. The number of rotatable bonds is 1. The van der Waals surface area contributed by atoms with E-state index in [9.17, 15) is 0 Å². The Balaban J connectivity index is 2.04. The Morgan fingerprint density at radius 1 is 1.36 bits per heavy atom. The highest BCUT2D eigenvalue weighted by Crippen LogP contribution is 2.41. The van der Waals surface area contributed by atoms with Crippen LogP contribution in [0.2, 0.25) is 0 Å². The van der Waals surface area contributed by atoms with Gasteiger partial charge in [-0.2, -0.15) is 0 Å². The van der Waals surface area contributed by atoms with E-state index in [1.165, 1.54) is 32.4 Å². The molecule has 1 nitrogen and oxygen atoms in total. The minimum atomic E-state index is 0.882. The normalized spacial score (nSPS) is 44.7. The Morgan fingerprint density at radius 3 is 2.82 bits per heavy atom. The van der Waals surface area contributed by atoms with E-state index >= 15 is 0 Å². The average Bonchev–Trinajstić information content (AvgIpc) is 2.53. The van der Waals surface area contributed by atoms with Crippen LogP contribution in [0.5, 0.6) is 0 Å². The molecule has 2 fully saturated rings. The van der Waals surface area contributed by atoms with E-state index in [2.05, 4.69) is 18.7 Å². The lowest BCUT2D eigenvalue weighted by Crippen LogP contribution is -2.29. The van der Waals surface area contributed by atoms with Crippen molar-refractivity contribution in [2.75, 3.05) is 13.1 Å². The lowest BCUT2D eigenvalue weighted by Gasteiger charge is -2.21. The summed E-state index contributed by atoms with van der Waals surface area (Å²) in [5.41, 5.74) is 0. The van der Waals surface area contributed by atoms with Gasteiger partial charge >= 0.3 is 0 Å². The molecule has 0 aromatic carbocycles. The third kappa shape index (κ3) is 1.10. The molecule has 0 amide bonds. The van der Waals surface area contributed by atoms with E-state index in [1.54, 1.807) is 0 Å². The number of hydrogen-bond acceptors (Lipinski definition) is 1. The summed E-state index contributed by atoms with van der Waals surface area (Å²) in [6.45, 7) is 7.35. The first kappa shape index (κ1) is 7.60. The van der Waals surface area contributed by atoms with Gasteiger partial charge in [0, 0.05) is 12.6 Å². The minimum Gasteiger partial charge on any atom is -0.300 e. The fourth-order valence-electron chi connectivity index (χ4n) is 3.08. The molecule has 0 N–H and O–H groups in total. The Morgan fingerprint density at radius 2 is 2.18 bits per heavy atom. The molecule has 1 aliphatic heterocycles. The molecule has 2 aliphatic rings. The van der Waals surface area contributed by atoms with Gasteiger partial charge in [-0.3, -0.25) is 0 Å². The van der Waals surface area contributed by atoms with Gasteiger partial charge in [-0.25, -0.2) is 0 Å². The van der Waals surface area contributed by atoms with Gasteiger partial charge in [0.1, 0.15) is 0 Å². The molecular weight excluding hydrogens is 134 g/mol. The highest BCUT2D eigenvalue weighted by atomic mass is 15.2. The predicted molar refractivity (Wildman–Crippen MR) is 47.5 cm³/mol. The molecule has 0 spiro atoms. The van der Waals surface area contributed by atoms with Gasteiger partial charge in [0.2, 0.25) is 0 Å². The van der Waals surface area contributed by atoms with Crippen LogP contribution in [0.3, 0.4) is 0 Å². The van der Waals surface area contributed by atoms with Crippen LogP contribution in [0.15, 0.2) is 0 Å². The highest BCUT2D eigenvalue weighted by molar-refractivity contribution is 4.93.